The molecule has 11 heteroatoms. The van der Waals surface area contributed by atoms with Crippen LogP contribution in [0.15, 0.2) is 60.8 Å². The van der Waals surface area contributed by atoms with E-state index in [-0.39, 0.29) is 24.0 Å². The van der Waals surface area contributed by atoms with E-state index in [1.165, 1.54) is 49.9 Å². The van der Waals surface area contributed by atoms with Crippen LogP contribution in [0.3, 0.4) is 0 Å². The number of anilines is 2. The molecular weight excluding hydrogens is 656 g/mol. The number of thiazole rings is 1. The van der Waals surface area contributed by atoms with E-state index in [2.05, 4.69) is 32.9 Å². The summed E-state index contributed by atoms with van der Waals surface area (Å²) in [6.45, 7) is 4.10. The van der Waals surface area contributed by atoms with Crippen LogP contribution in [0.5, 0.6) is 0 Å². The molecule has 9 nitrogen and oxygen atoms in total. The summed E-state index contributed by atoms with van der Waals surface area (Å²) in [5.74, 6) is 1.92. The molecule has 2 aromatic carbocycles. The molecule has 2 N–H and O–H groups in total. The van der Waals surface area contributed by atoms with Crippen LogP contribution in [-0.4, -0.2) is 43.3 Å². The second kappa shape index (κ2) is 12.2. The lowest BCUT2D eigenvalue weighted by atomic mass is 9.49. The van der Waals surface area contributed by atoms with E-state index >= 15 is 0 Å². The number of amides is 1. The number of pyridine rings is 1. The summed E-state index contributed by atoms with van der Waals surface area (Å²) in [5, 5.41) is 18.7. The minimum absolute atomic E-state index is 0. The molecular formula is C38H39ClN6O3S. The first kappa shape index (κ1) is 32.0. The number of carbonyl (C=O) groups is 2. The Kier molecular flexibility index (Phi) is 7.99. The molecule has 5 aromatic rings. The molecule has 4 fully saturated rings. The van der Waals surface area contributed by atoms with Crippen LogP contribution < -0.4 is 10.2 Å². The third kappa shape index (κ3) is 5.68. The van der Waals surface area contributed by atoms with Crippen LogP contribution in [0.25, 0.3) is 21.3 Å². The monoisotopic (exact) mass is 694 g/mol. The molecule has 0 atom stereocenters. The Hall–Kier alpha value is -4.28. The van der Waals surface area contributed by atoms with Crippen molar-refractivity contribution in [1.29, 1.82) is 0 Å². The fourth-order valence-corrected chi connectivity index (χ4v) is 10.6. The zero-order valence-corrected chi connectivity index (χ0v) is 29.0. The van der Waals surface area contributed by atoms with Gasteiger partial charge in [-0.3, -0.25) is 14.8 Å². The van der Waals surface area contributed by atoms with Gasteiger partial charge in [0, 0.05) is 42.0 Å². The van der Waals surface area contributed by atoms with Crippen molar-refractivity contribution in [3.8, 4) is 11.1 Å². The van der Waals surface area contributed by atoms with Gasteiger partial charge in [0.25, 0.3) is 5.91 Å². The van der Waals surface area contributed by atoms with Crippen molar-refractivity contribution >= 4 is 56.8 Å². The highest BCUT2D eigenvalue weighted by molar-refractivity contribution is 7.22. The van der Waals surface area contributed by atoms with Gasteiger partial charge < -0.3 is 10.0 Å². The van der Waals surface area contributed by atoms with Crippen LogP contribution in [-0.2, 0) is 19.5 Å². The minimum Gasteiger partial charge on any atom is -0.476 e. The predicted molar refractivity (Wildman–Crippen MR) is 194 cm³/mol. The van der Waals surface area contributed by atoms with Crippen molar-refractivity contribution in [2.45, 2.75) is 65.0 Å². The first-order chi connectivity index (χ1) is 23.3. The molecule has 1 amide bonds. The smallest absolute Gasteiger partial charge is 0.355 e. The topological polar surface area (TPSA) is 113 Å². The van der Waals surface area contributed by atoms with Gasteiger partial charge in [0.1, 0.15) is 5.82 Å². The minimum atomic E-state index is -1.06. The highest BCUT2D eigenvalue weighted by Gasteiger charge is 2.51. The standard InChI is InChI=1S/C38H38N6O3S.ClH/c1-22-29(19-39-44(22)21-38-16-23-13-24(17-38)15-25(14-23)18-38)27-9-10-33(41-34(27)36(46)47)43-12-11-26-5-4-6-28(30(26)20-43)35(45)42-37-40-31-7-2-3-8-32(31)48-37;/h2-10,19,23-25H,11-18,20-21H2,1H3,(H,46,47)(H,40,42,45);1H. The third-order valence-electron chi connectivity index (χ3n) is 11.5. The zero-order valence-electron chi connectivity index (χ0n) is 27.4. The summed E-state index contributed by atoms with van der Waals surface area (Å²) in [7, 11) is 0. The van der Waals surface area contributed by atoms with Gasteiger partial charge in [0.05, 0.1) is 16.4 Å². The van der Waals surface area contributed by atoms with Crippen molar-refractivity contribution in [2.75, 3.05) is 16.8 Å². The van der Waals surface area contributed by atoms with E-state index in [9.17, 15) is 14.7 Å². The van der Waals surface area contributed by atoms with E-state index in [4.69, 9.17) is 10.1 Å². The molecule has 1 aliphatic heterocycles. The molecule has 5 aliphatic rings. The molecule has 252 valence electrons. The maximum atomic E-state index is 13.5. The number of carboxylic acid groups (broad SMARTS) is 1. The van der Waals surface area contributed by atoms with Gasteiger partial charge in [-0.25, -0.2) is 14.8 Å². The number of nitrogens with one attached hydrogen (secondary N) is 1. The molecule has 0 radical (unpaired) electrons. The summed E-state index contributed by atoms with van der Waals surface area (Å²) in [6, 6.07) is 17.4. The predicted octanol–water partition coefficient (Wildman–Crippen LogP) is 8.01. The highest BCUT2D eigenvalue weighted by atomic mass is 35.5. The molecule has 0 unspecified atom stereocenters. The number of benzene rings is 2. The molecule has 4 bridgehead atoms. The Labute approximate surface area is 295 Å². The van der Waals surface area contributed by atoms with Gasteiger partial charge in [0.15, 0.2) is 10.8 Å². The number of aromatic nitrogens is 4. The summed E-state index contributed by atoms with van der Waals surface area (Å²) in [5.41, 5.74) is 6.25. The molecule has 0 saturated heterocycles. The van der Waals surface area contributed by atoms with Crippen molar-refractivity contribution in [3.05, 3.63) is 88.9 Å². The Balaban J connectivity index is 0.00000348. The summed E-state index contributed by atoms with van der Waals surface area (Å²) in [6.07, 6.45) is 10.7. The lowest BCUT2D eigenvalue weighted by Gasteiger charge is -2.56. The van der Waals surface area contributed by atoms with Gasteiger partial charge in [0.2, 0.25) is 0 Å². The molecule has 0 spiro atoms. The SMILES string of the molecule is Cc1c(-c2ccc(N3CCc4cccc(C(=O)Nc5nc6ccccc6s5)c4C3)nc2C(=O)O)cnn1CC12CC3CC(CC(C3)C1)C2.Cl. The Morgan fingerprint density at radius 1 is 0.959 bits per heavy atom. The highest BCUT2D eigenvalue weighted by Crippen LogP contribution is 2.60. The van der Waals surface area contributed by atoms with Gasteiger partial charge in [-0.2, -0.15) is 5.10 Å². The quantitative estimate of drug-likeness (QED) is 0.177. The number of fused-ring (bicyclic) bond motifs is 2. The Morgan fingerprint density at radius 2 is 1.71 bits per heavy atom. The Morgan fingerprint density at radius 3 is 2.45 bits per heavy atom. The zero-order chi connectivity index (χ0) is 32.6. The van der Waals surface area contributed by atoms with E-state index in [1.54, 1.807) is 0 Å². The van der Waals surface area contributed by atoms with Crippen LogP contribution >= 0.6 is 23.7 Å². The molecule has 3 aromatic heterocycles. The lowest BCUT2D eigenvalue weighted by molar-refractivity contribution is -0.0638. The van der Waals surface area contributed by atoms with Crippen LogP contribution in [0.4, 0.5) is 10.9 Å². The largest absolute Gasteiger partial charge is 0.476 e. The number of hydrogen-bond donors (Lipinski definition) is 2. The second-order valence-corrected chi connectivity index (χ2v) is 15.7. The van der Waals surface area contributed by atoms with E-state index < -0.39 is 5.97 Å². The number of aromatic carboxylic acids is 1. The van der Waals surface area contributed by atoms with Crippen molar-refractivity contribution < 1.29 is 14.7 Å². The molecule has 4 aliphatic carbocycles. The van der Waals surface area contributed by atoms with E-state index in [0.717, 1.165) is 63.3 Å². The maximum absolute atomic E-state index is 13.5. The number of carboxylic acids is 1. The first-order valence-electron chi connectivity index (χ1n) is 17.1. The Bertz CT molecular complexity index is 2040. The van der Waals surface area contributed by atoms with Gasteiger partial charge in [-0.15, -0.1) is 12.4 Å². The average molecular weight is 695 g/mol. The van der Waals surface area contributed by atoms with Crippen LogP contribution in [0, 0.1) is 30.1 Å². The first-order valence-corrected chi connectivity index (χ1v) is 17.9. The lowest BCUT2D eigenvalue weighted by Crippen LogP contribution is -2.48. The van der Waals surface area contributed by atoms with E-state index in [1.807, 2.05) is 54.7 Å². The van der Waals surface area contributed by atoms with E-state index in [0.29, 0.717) is 40.6 Å². The summed E-state index contributed by atoms with van der Waals surface area (Å²) in [4.78, 5) is 37.5. The number of halogens is 1. The summed E-state index contributed by atoms with van der Waals surface area (Å²) >= 11 is 1.45. The van der Waals surface area contributed by atoms with Crippen molar-refractivity contribution in [3.63, 3.8) is 0 Å². The number of carbonyl (C=O) groups excluding carboxylic acids is 1. The number of hydrogen-bond acceptors (Lipinski definition) is 7. The maximum Gasteiger partial charge on any atom is 0.355 e. The van der Waals surface area contributed by atoms with Crippen molar-refractivity contribution in [2.24, 2.45) is 23.2 Å². The van der Waals surface area contributed by atoms with Crippen LogP contribution in [0.2, 0.25) is 0 Å². The van der Waals surface area contributed by atoms with Crippen molar-refractivity contribution in [1.82, 2.24) is 19.7 Å². The number of para-hydroxylation sites is 1. The molecule has 10 rings (SSSR count). The molecule has 49 heavy (non-hydrogen) atoms. The number of nitrogens with zero attached hydrogens (tertiary/aromatic N) is 5. The third-order valence-corrected chi connectivity index (χ3v) is 12.4. The summed E-state index contributed by atoms with van der Waals surface area (Å²) < 4.78 is 3.15. The average Bonchev–Trinajstić information content (AvgIpc) is 3.65. The fourth-order valence-electron chi connectivity index (χ4n) is 9.76. The van der Waals surface area contributed by atoms with Gasteiger partial charge in [-0.1, -0.05) is 35.6 Å². The molecule has 4 saturated carbocycles. The second-order valence-electron chi connectivity index (χ2n) is 14.6. The molecule has 4 heterocycles. The normalized spacial score (nSPS) is 23.7. The van der Waals surface area contributed by atoms with Gasteiger partial charge >= 0.3 is 5.97 Å². The fraction of sp³-hybridized carbons (Fsp3) is 0.395. The number of rotatable bonds is 7. The van der Waals surface area contributed by atoms with Gasteiger partial charge in [-0.05, 0) is 116 Å². The van der Waals surface area contributed by atoms with Crippen LogP contribution in [0.1, 0.15) is 76.2 Å².